The van der Waals surface area contributed by atoms with Gasteiger partial charge in [0.2, 0.25) is 0 Å². The standard InChI is InChI=1S/C19H12BrNO/c20-15-5-6-19-17(12-15)16(13-7-9-21-10-8-13)11-14-3-1-2-4-18(14)22-19/h1-12H. The van der Waals surface area contributed by atoms with Crippen molar-refractivity contribution in [2.24, 2.45) is 0 Å². The van der Waals surface area contributed by atoms with Crippen LogP contribution in [0.5, 0.6) is 11.5 Å². The van der Waals surface area contributed by atoms with Crippen LogP contribution in [0, 0.1) is 0 Å². The molecule has 1 aliphatic rings. The van der Waals surface area contributed by atoms with E-state index in [-0.39, 0.29) is 0 Å². The van der Waals surface area contributed by atoms with Crippen LogP contribution in [0.25, 0.3) is 11.6 Å². The van der Waals surface area contributed by atoms with Gasteiger partial charge in [0.05, 0.1) is 0 Å². The van der Waals surface area contributed by atoms with Gasteiger partial charge in [-0.2, -0.15) is 0 Å². The van der Waals surface area contributed by atoms with E-state index < -0.39 is 0 Å². The van der Waals surface area contributed by atoms with Crippen molar-refractivity contribution < 1.29 is 4.74 Å². The van der Waals surface area contributed by atoms with Crippen LogP contribution in [0.15, 0.2) is 71.5 Å². The first-order chi connectivity index (χ1) is 10.8. The Morgan fingerprint density at radius 2 is 1.68 bits per heavy atom. The maximum absolute atomic E-state index is 6.12. The molecule has 0 fully saturated rings. The monoisotopic (exact) mass is 349 g/mol. The highest BCUT2D eigenvalue weighted by Gasteiger charge is 2.17. The van der Waals surface area contributed by atoms with Gasteiger partial charge in [0.15, 0.2) is 0 Å². The summed E-state index contributed by atoms with van der Waals surface area (Å²) in [5.41, 5.74) is 4.39. The maximum Gasteiger partial charge on any atom is 0.135 e. The quantitative estimate of drug-likeness (QED) is 0.450. The van der Waals surface area contributed by atoms with Crippen LogP contribution >= 0.6 is 15.9 Å². The molecule has 3 aromatic rings. The molecule has 2 aromatic carbocycles. The van der Waals surface area contributed by atoms with Gasteiger partial charge in [0.25, 0.3) is 0 Å². The van der Waals surface area contributed by atoms with Gasteiger partial charge in [-0.3, -0.25) is 4.98 Å². The number of fused-ring (bicyclic) bond motifs is 2. The van der Waals surface area contributed by atoms with E-state index in [1.54, 1.807) is 0 Å². The summed E-state index contributed by atoms with van der Waals surface area (Å²) in [7, 11) is 0. The zero-order valence-electron chi connectivity index (χ0n) is 11.7. The summed E-state index contributed by atoms with van der Waals surface area (Å²) in [6, 6.07) is 18.2. The molecule has 0 unspecified atom stereocenters. The predicted octanol–water partition coefficient (Wildman–Crippen LogP) is 5.54. The SMILES string of the molecule is Brc1ccc2c(c1)C(c1ccncc1)=Cc1ccccc1O2. The third-order valence-corrected chi connectivity index (χ3v) is 4.16. The highest BCUT2D eigenvalue weighted by Crippen LogP contribution is 2.41. The van der Waals surface area contributed by atoms with Gasteiger partial charge in [-0.15, -0.1) is 0 Å². The van der Waals surface area contributed by atoms with E-state index in [0.717, 1.165) is 38.2 Å². The molecule has 0 spiro atoms. The van der Waals surface area contributed by atoms with Gasteiger partial charge < -0.3 is 4.74 Å². The predicted molar refractivity (Wildman–Crippen MR) is 91.9 cm³/mol. The number of para-hydroxylation sites is 1. The van der Waals surface area contributed by atoms with Gasteiger partial charge in [0.1, 0.15) is 11.5 Å². The second-order valence-corrected chi connectivity index (χ2v) is 5.99. The number of pyridine rings is 1. The molecule has 0 radical (unpaired) electrons. The molecule has 0 atom stereocenters. The summed E-state index contributed by atoms with van der Waals surface area (Å²) in [5, 5.41) is 0. The molecule has 0 N–H and O–H groups in total. The normalized spacial score (nSPS) is 12.5. The van der Waals surface area contributed by atoms with Crippen molar-refractivity contribution in [2.75, 3.05) is 0 Å². The molecule has 4 rings (SSSR count). The van der Waals surface area contributed by atoms with Crippen molar-refractivity contribution in [2.45, 2.75) is 0 Å². The summed E-state index contributed by atoms with van der Waals surface area (Å²) >= 11 is 3.56. The van der Waals surface area contributed by atoms with Crippen LogP contribution in [0.3, 0.4) is 0 Å². The number of ether oxygens (including phenoxy) is 1. The van der Waals surface area contributed by atoms with Crippen molar-refractivity contribution in [3.05, 3.63) is 88.2 Å². The second-order valence-electron chi connectivity index (χ2n) is 5.07. The van der Waals surface area contributed by atoms with Crippen LogP contribution in [0.2, 0.25) is 0 Å². The number of hydrogen-bond acceptors (Lipinski definition) is 2. The molecule has 0 bridgehead atoms. The fourth-order valence-electron chi connectivity index (χ4n) is 2.62. The van der Waals surface area contributed by atoms with Crippen LogP contribution in [-0.2, 0) is 0 Å². The molecule has 1 aromatic heterocycles. The average Bonchev–Trinajstić information content (AvgIpc) is 2.72. The maximum atomic E-state index is 6.12. The molecule has 106 valence electrons. The number of nitrogens with zero attached hydrogens (tertiary/aromatic N) is 1. The summed E-state index contributed by atoms with van der Waals surface area (Å²) in [4.78, 5) is 4.11. The largest absolute Gasteiger partial charge is 0.456 e. The van der Waals surface area contributed by atoms with E-state index in [0.29, 0.717) is 0 Å². The molecule has 0 amide bonds. The van der Waals surface area contributed by atoms with Gasteiger partial charge in [0, 0.05) is 28.0 Å². The molecule has 0 aliphatic carbocycles. The average molecular weight is 350 g/mol. The van der Waals surface area contributed by atoms with Gasteiger partial charge in [-0.25, -0.2) is 0 Å². The summed E-state index contributed by atoms with van der Waals surface area (Å²) in [6.45, 7) is 0. The van der Waals surface area contributed by atoms with Gasteiger partial charge in [-0.05, 0) is 53.6 Å². The van der Waals surface area contributed by atoms with Crippen molar-refractivity contribution in [1.29, 1.82) is 0 Å². The lowest BCUT2D eigenvalue weighted by Gasteiger charge is -2.11. The lowest BCUT2D eigenvalue weighted by molar-refractivity contribution is 0.481. The summed E-state index contributed by atoms with van der Waals surface area (Å²) in [6.07, 6.45) is 5.79. The minimum absolute atomic E-state index is 0.858. The van der Waals surface area contributed by atoms with E-state index in [2.05, 4.69) is 39.1 Å². The Kier molecular flexibility index (Phi) is 3.28. The Morgan fingerprint density at radius 3 is 2.55 bits per heavy atom. The minimum Gasteiger partial charge on any atom is -0.456 e. The van der Waals surface area contributed by atoms with E-state index in [4.69, 9.17) is 4.74 Å². The molecule has 3 heteroatoms. The van der Waals surface area contributed by atoms with Crippen LogP contribution < -0.4 is 4.74 Å². The van der Waals surface area contributed by atoms with Crippen molar-refractivity contribution in [1.82, 2.24) is 4.98 Å². The first-order valence-electron chi connectivity index (χ1n) is 7.00. The number of rotatable bonds is 1. The number of hydrogen-bond donors (Lipinski definition) is 0. The van der Waals surface area contributed by atoms with Gasteiger partial charge in [-0.1, -0.05) is 34.1 Å². The lowest BCUT2D eigenvalue weighted by atomic mass is 9.96. The molecule has 1 aliphatic heterocycles. The van der Waals surface area contributed by atoms with E-state index in [9.17, 15) is 0 Å². The Labute approximate surface area is 137 Å². The van der Waals surface area contributed by atoms with E-state index in [1.165, 1.54) is 0 Å². The lowest BCUT2D eigenvalue weighted by Crippen LogP contribution is -1.91. The Balaban J connectivity index is 2.01. The Bertz CT molecular complexity index is 872. The van der Waals surface area contributed by atoms with Crippen LogP contribution in [0.4, 0.5) is 0 Å². The molecule has 2 heterocycles. The van der Waals surface area contributed by atoms with Crippen LogP contribution in [-0.4, -0.2) is 4.98 Å². The minimum atomic E-state index is 0.858. The smallest absolute Gasteiger partial charge is 0.135 e. The topological polar surface area (TPSA) is 22.1 Å². The van der Waals surface area contributed by atoms with Crippen LogP contribution in [0.1, 0.15) is 16.7 Å². The fourth-order valence-corrected chi connectivity index (χ4v) is 2.98. The third kappa shape index (κ3) is 2.34. The van der Waals surface area contributed by atoms with Crippen molar-refractivity contribution >= 4 is 27.6 Å². The fraction of sp³-hybridized carbons (Fsp3) is 0. The van der Waals surface area contributed by atoms with Gasteiger partial charge >= 0.3 is 0 Å². The first-order valence-corrected chi connectivity index (χ1v) is 7.79. The first kappa shape index (κ1) is 13.3. The summed E-state index contributed by atoms with van der Waals surface area (Å²) < 4.78 is 7.15. The zero-order chi connectivity index (χ0) is 14.9. The van der Waals surface area contributed by atoms with E-state index >= 15 is 0 Å². The number of benzene rings is 2. The molecule has 2 nitrogen and oxygen atoms in total. The highest BCUT2D eigenvalue weighted by atomic mass is 79.9. The Hall–Kier alpha value is -2.39. The molecule has 22 heavy (non-hydrogen) atoms. The third-order valence-electron chi connectivity index (χ3n) is 3.66. The van der Waals surface area contributed by atoms with Crippen molar-refractivity contribution in [3.8, 4) is 11.5 Å². The number of halogens is 1. The molecular weight excluding hydrogens is 338 g/mol. The Morgan fingerprint density at radius 1 is 0.864 bits per heavy atom. The van der Waals surface area contributed by atoms with E-state index in [1.807, 2.05) is 54.9 Å². The number of aromatic nitrogens is 1. The molecule has 0 saturated heterocycles. The molecule has 0 saturated carbocycles. The molecular formula is C19H12BrNO. The second kappa shape index (κ2) is 5.43. The zero-order valence-corrected chi connectivity index (χ0v) is 13.2. The highest BCUT2D eigenvalue weighted by molar-refractivity contribution is 9.10. The summed E-state index contributed by atoms with van der Waals surface area (Å²) in [5.74, 6) is 1.73. The van der Waals surface area contributed by atoms with Crippen molar-refractivity contribution in [3.63, 3.8) is 0 Å².